The average molecular weight is 360 g/mol. The summed E-state index contributed by atoms with van der Waals surface area (Å²) < 4.78 is 1.11. The van der Waals surface area contributed by atoms with Crippen molar-refractivity contribution in [3.8, 4) is 0 Å². The van der Waals surface area contributed by atoms with Gasteiger partial charge in [0.2, 0.25) is 0 Å². The minimum absolute atomic E-state index is 0.654. The molecule has 0 saturated carbocycles. The van der Waals surface area contributed by atoms with Crippen molar-refractivity contribution < 1.29 is 0 Å². The fourth-order valence-electron chi connectivity index (χ4n) is 1.45. The van der Waals surface area contributed by atoms with Gasteiger partial charge in [0.15, 0.2) is 0 Å². The lowest BCUT2D eigenvalue weighted by atomic mass is 10.2. The summed E-state index contributed by atoms with van der Waals surface area (Å²) in [7, 11) is 0. The van der Waals surface area contributed by atoms with E-state index in [1.807, 2.05) is 31.2 Å². The third kappa shape index (κ3) is 3.01. The van der Waals surface area contributed by atoms with Gasteiger partial charge in [0.1, 0.15) is 5.82 Å². The molecule has 17 heavy (non-hydrogen) atoms. The predicted octanol–water partition coefficient (Wildman–Crippen LogP) is 3.97. The first-order chi connectivity index (χ1) is 8.06. The monoisotopic (exact) mass is 359 g/mol. The van der Waals surface area contributed by atoms with E-state index in [2.05, 4.69) is 32.9 Å². The minimum atomic E-state index is 0.654. The summed E-state index contributed by atoms with van der Waals surface area (Å²) in [6, 6.07) is 7.66. The first kappa shape index (κ1) is 12.4. The van der Waals surface area contributed by atoms with E-state index in [1.165, 1.54) is 0 Å². The normalized spacial score (nSPS) is 10.3. The Morgan fingerprint density at radius 3 is 2.82 bits per heavy atom. The summed E-state index contributed by atoms with van der Waals surface area (Å²) in [5.41, 5.74) is 8.14. The molecule has 0 amide bonds. The second-order valence-corrected chi connectivity index (χ2v) is 5.34. The van der Waals surface area contributed by atoms with Gasteiger partial charge in [0, 0.05) is 3.57 Å². The van der Waals surface area contributed by atoms with Crippen LogP contribution >= 0.6 is 34.2 Å². The van der Waals surface area contributed by atoms with Crippen molar-refractivity contribution in [1.29, 1.82) is 0 Å². The summed E-state index contributed by atoms with van der Waals surface area (Å²) >= 11 is 8.35. The number of nitrogens with two attached hydrogens (primary N) is 1. The van der Waals surface area contributed by atoms with E-state index < -0.39 is 0 Å². The van der Waals surface area contributed by atoms with Gasteiger partial charge in [-0.3, -0.25) is 0 Å². The second-order valence-electron chi connectivity index (χ2n) is 3.68. The molecule has 2 rings (SSSR count). The van der Waals surface area contributed by atoms with E-state index in [9.17, 15) is 0 Å². The molecule has 3 N–H and O–H groups in total. The molecular weight excluding hydrogens is 349 g/mol. The van der Waals surface area contributed by atoms with E-state index in [1.54, 1.807) is 6.20 Å². The lowest BCUT2D eigenvalue weighted by Gasteiger charge is -2.10. The van der Waals surface area contributed by atoms with Crippen molar-refractivity contribution in [2.75, 3.05) is 11.1 Å². The van der Waals surface area contributed by atoms with Gasteiger partial charge in [-0.25, -0.2) is 4.98 Å². The molecule has 0 aliphatic carbocycles. The van der Waals surface area contributed by atoms with Crippen LogP contribution in [0.2, 0.25) is 5.02 Å². The number of rotatable bonds is 2. The first-order valence-corrected chi connectivity index (χ1v) is 6.46. The van der Waals surface area contributed by atoms with Crippen molar-refractivity contribution in [2.24, 2.45) is 0 Å². The number of hydrogen-bond acceptors (Lipinski definition) is 3. The number of nitrogens with zero attached hydrogens (tertiary/aromatic N) is 1. The number of nitrogens with one attached hydrogen (secondary N) is 1. The lowest BCUT2D eigenvalue weighted by Crippen LogP contribution is -1.98. The van der Waals surface area contributed by atoms with Crippen LogP contribution in [0.5, 0.6) is 0 Å². The summed E-state index contributed by atoms with van der Waals surface area (Å²) in [5.74, 6) is 0.767. The molecular formula is C12H11ClIN3. The van der Waals surface area contributed by atoms with Crippen LogP contribution in [0.15, 0.2) is 30.5 Å². The molecule has 0 aliphatic rings. The zero-order valence-electron chi connectivity index (χ0n) is 9.17. The highest BCUT2D eigenvalue weighted by Gasteiger charge is 2.05. The summed E-state index contributed by atoms with van der Waals surface area (Å²) in [5, 5.41) is 3.87. The van der Waals surface area contributed by atoms with E-state index in [-0.39, 0.29) is 0 Å². The van der Waals surface area contributed by atoms with Gasteiger partial charge < -0.3 is 11.1 Å². The van der Waals surface area contributed by atoms with E-state index >= 15 is 0 Å². The van der Waals surface area contributed by atoms with E-state index in [0.29, 0.717) is 10.7 Å². The number of pyridine rings is 1. The van der Waals surface area contributed by atoms with Crippen LogP contribution < -0.4 is 11.1 Å². The first-order valence-electron chi connectivity index (χ1n) is 5.00. The average Bonchev–Trinajstić information content (AvgIpc) is 2.27. The van der Waals surface area contributed by atoms with Gasteiger partial charge in [-0.05, 0) is 59.3 Å². The Morgan fingerprint density at radius 2 is 2.12 bits per heavy atom. The van der Waals surface area contributed by atoms with Crippen LogP contribution in [0, 0.1) is 10.5 Å². The maximum Gasteiger partial charge on any atom is 0.133 e. The Bertz CT molecular complexity index is 557. The molecule has 5 heteroatoms. The van der Waals surface area contributed by atoms with Crippen molar-refractivity contribution in [3.63, 3.8) is 0 Å². The number of aryl methyl sites for hydroxylation is 1. The number of hydrogen-bond donors (Lipinski definition) is 2. The maximum absolute atomic E-state index is 6.11. The zero-order valence-corrected chi connectivity index (χ0v) is 12.1. The fraction of sp³-hybridized carbons (Fsp3) is 0.0833. The third-order valence-electron chi connectivity index (χ3n) is 2.28. The molecule has 0 fully saturated rings. The standard InChI is InChI=1S/C12H11ClIN3/c1-7-4-9(15)6-16-12(7)17-11-5-8(14)2-3-10(11)13/h2-6H,15H2,1H3,(H,16,17). The SMILES string of the molecule is Cc1cc(N)cnc1Nc1cc(I)ccc1Cl. The molecule has 0 saturated heterocycles. The van der Waals surface area contributed by atoms with Gasteiger partial charge in [-0.1, -0.05) is 11.6 Å². The quantitative estimate of drug-likeness (QED) is 0.798. The molecule has 0 spiro atoms. The highest BCUT2D eigenvalue weighted by Crippen LogP contribution is 2.27. The van der Waals surface area contributed by atoms with Crippen LogP contribution in [0.1, 0.15) is 5.56 Å². The van der Waals surface area contributed by atoms with Gasteiger partial charge in [0.25, 0.3) is 0 Å². The third-order valence-corrected chi connectivity index (χ3v) is 3.28. The highest BCUT2D eigenvalue weighted by atomic mass is 127. The Hall–Kier alpha value is -1.01. The second kappa shape index (κ2) is 5.10. The topological polar surface area (TPSA) is 50.9 Å². The maximum atomic E-state index is 6.11. The summed E-state index contributed by atoms with van der Waals surface area (Å²) in [6.07, 6.45) is 1.62. The highest BCUT2D eigenvalue weighted by molar-refractivity contribution is 14.1. The number of benzene rings is 1. The number of anilines is 3. The Kier molecular flexibility index (Phi) is 3.73. The lowest BCUT2D eigenvalue weighted by molar-refractivity contribution is 1.26. The molecule has 0 aliphatic heterocycles. The van der Waals surface area contributed by atoms with Gasteiger partial charge in [-0.15, -0.1) is 0 Å². The number of aromatic nitrogens is 1. The van der Waals surface area contributed by atoms with E-state index in [0.717, 1.165) is 20.6 Å². The molecule has 88 valence electrons. The van der Waals surface area contributed by atoms with Crippen LogP contribution in [0.4, 0.5) is 17.2 Å². The van der Waals surface area contributed by atoms with Crippen LogP contribution in [-0.2, 0) is 0 Å². The van der Waals surface area contributed by atoms with Gasteiger partial charge in [0.05, 0.1) is 22.6 Å². The van der Waals surface area contributed by atoms with Crippen LogP contribution in [0.3, 0.4) is 0 Å². The molecule has 0 radical (unpaired) electrons. The van der Waals surface area contributed by atoms with Crippen LogP contribution in [0.25, 0.3) is 0 Å². The van der Waals surface area contributed by atoms with Crippen molar-refractivity contribution in [1.82, 2.24) is 4.98 Å². The molecule has 0 unspecified atom stereocenters. The van der Waals surface area contributed by atoms with Crippen molar-refractivity contribution in [2.45, 2.75) is 6.92 Å². The smallest absolute Gasteiger partial charge is 0.133 e. The molecule has 1 heterocycles. The molecule has 0 atom stereocenters. The Balaban J connectivity index is 2.34. The zero-order chi connectivity index (χ0) is 12.4. The number of halogens is 2. The van der Waals surface area contributed by atoms with Gasteiger partial charge in [-0.2, -0.15) is 0 Å². The van der Waals surface area contributed by atoms with E-state index in [4.69, 9.17) is 17.3 Å². The fourth-order valence-corrected chi connectivity index (χ4v) is 2.10. The molecule has 0 bridgehead atoms. The Labute approximate surface area is 119 Å². The number of nitrogen functional groups attached to an aromatic ring is 1. The van der Waals surface area contributed by atoms with Gasteiger partial charge >= 0.3 is 0 Å². The molecule has 1 aromatic heterocycles. The largest absolute Gasteiger partial charge is 0.397 e. The Morgan fingerprint density at radius 1 is 1.35 bits per heavy atom. The summed E-state index contributed by atoms with van der Waals surface area (Å²) in [6.45, 7) is 1.95. The summed E-state index contributed by atoms with van der Waals surface area (Å²) in [4.78, 5) is 4.25. The minimum Gasteiger partial charge on any atom is -0.397 e. The molecule has 1 aromatic carbocycles. The van der Waals surface area contributed by atoms with Crippen molar-refractivity contribution in [3.05, 3.63) is 44.6 Å². The van der Waals surface area contributed by atoms with Crippen LogP contribution in [-0.4, -0.2) is 4.98 Å². The predicted molar refractivity (Wildman–Crippen MR) is 80.8 cm³/mol. The molecule has 3 nitrogen and oxygen atoms in total. The van der Waals surface area contributed by atoms with Crippen molar-refractivity contribution >= 4 is 51.4 Å². The molecule has 2 aromatic rings.